The number of amides is 1. The van der Waals surface area contributed by atoms with E-state index in [1.54, 1.807) is 54.1 Å². The van der Waals surface area contributed by atoms with Gasteiger partial charge in [0.05, 0.1) is 12.6 Å². The van der Waals surface area contributed by atoms with Crippen LogP contribution in [-0.2, 0) is 6.42 Å². The number of nitrogens with zero attached hydrogens (tertiary/aromatic N) is 1. The lowest BCUT2D eigenvalue weighted by Gasteiger charge is -2.07. The van der Waals surface area contributed by atoms with E-state index >= 15 is 0 Å². The summed E-state index contributed by atoms with van der Waals surface area (Å²) in [6.07, 6.45) is 0.806. The molecule has 0 atom stereocenters. The highest BCUT2D eigenvalue weighted by molar-refractivity contribution is 6.31. The Morgan fingerprint density at radius 3 is 2.21 bits per heavy atom. The molecule has 4 aromatic rings. The van der Waals surface area contributed by atoms with E-state index in [0.29, 0.717) is 21.2 Å². The molecule has 0 bridgehead atoms. The molecule has 170 valence electrons. The first-order valence-corrected chi connectivity index (χ1v) is 11.0. The van der Waals surface area contributed by atoms with E-state index in [0.717, 1.165) is 34.3 Å². The summed E-state index contributed by atoms with van der Waals surface area (Å²) >= 11 is 11.7. The Morgan fingerprint density at radius 1 is 0.939 bits per heavy atom. The molecule has 1 aromatic heterocycles. The average Bonchev–Trinajstić information content (AvgIpc) is 3.14. The van der Waals surface area contributed by atoms with E-state index in [2.05, 4.69) is 0 Å². The van der Waals surface area contributed by atoms with Crippen LogP contribution in [0.25, 0.3) is 10.9 Å². The zero-order valence-electron chi connectivity index (χ0n) is 18.6. The molecule has 0 unspecified atom stereocenters. The fraction of sp³-hybridized carbons (Fsp3) is 0.154. The minimum Gasteiger partial charge on any atom is -0.497 e. The molecular weight excluding hydrogens is 459 g/mol. The van der Waals surface area contributed by atoms with E-state index in [-0.39, 0.29) is 5.91 Å². The number of primary amides is 1. The van der Waals surface area contributed by atoms with Gasteiger partial charge in [-0.2, -0.15) is 0 Å². The summed E-state index contributed by atoms with van der Waals surface area (Å²) < 4.78 is 6.93. The van der Waals surface area contributed by atoms with Gasteiger partial charge in [0, 0.05) is 32.3 Å². The minimum absolute atomic E-state index is 0.0654. The van der Waals surface area contributed by atoms with Gasteiger partial charge in [-0.1, -0.05) is 30.1 Å². The van der Waals surface area contributed by atoms with Gasteiger partial charge in [0.1, 0.15) is 5.75 Å². The van der Waals surface area contributed by atoms with E-state index in [9.17, 15) is 9.59 Å². The first-order valence-electron chi connectivity index (χ1n) is 10.3. The van der Waals surface area contributed by atoms with Gasteiger partial charge in [-0.15, -0.1) is 0 Å². The number of carbonyl (C=O) groups is 2. The molecule has 2 N–H and O–H groups in total. The molecule has 3 aromatic carbocycles. The summed E-state index contributed by atoms with van der Waals surface area (Å²) in [6, 6.07) is 19.6. The molecule has 0 fully saturated rings. The maximum Gasteiger partial charge on any atom is 0.262 e. The van der Waals surface area contributed by atoms with E-state index in [1.807, 2.05) is 38.1 Å². The smallest absolute Gasteiger partial charge is 0.262 e. The van der Waals surface area contributed by atoms with Crippen LogP contribution in [0.4, 0.5) is 0 Å². The van der Waals surface area contributed by atoms with Crippen molar-refractivity contribution < 1.29 is 14.3 Å². The normalized spacial score (nSPS) is 10.5. The van der Waals surface area contributed by atoms with Crippen LogP contribution in [0.15, 0.2) is 66.7 Å². The Hall–Kier alpha value is -3.28. The second-order valence-electron chi connectivity index (χ2n) is 7.38. The number of aromatic nitrogens is 1. The Labute approximate surface area is 202 Å². The summed E-state index contributed by atoms with van der Waals surface area (Å²) in [5.41, 5.74) is 8.93. The topological polar surface area (TPSA) is 74.3 Å². The number of nitrogens with two attached hydrogens (primary N) is 1. The molecule has 0 aliphatic rings. The van der Waals surface area contributed by atoms with Crippen molar-refractivity contribution in [2.45, 2.75) is 20.3 Å². The Morgan fingerprint density at radius 2 is 1.61 bits per heavy atom. The molecule has 0 spiro atoms. The largest absolute Gasteiger partial charge is 0.497 e. The van der Waals surface area contributed by atoms with Crippen LogP contribution in [0, 0.1) is 6.92 Å². The molecule has 0 radical (unpaired) electrons. The monoisotopic (exact) mass is 482 g/mol. The number of fused-ring (bicyclic) bond motifs is 1. The van der Waals surface area contributed by atoms with Gasteiger partial charge >= 0.3 is 0 Å². The number of rotatable bonds is 4. The van der Waals surface area contributed by atoms with E-state index in [1.165, 1.54) is 0 Å². The molecule has 0 aliphatic heterocycles. The van der Waals surface area contributed by atoms with Gasteiger partial charge in [-0.3, -0.25) is 14.2 Å². The highest BCUT2D eigenvalue weighted by Crippen LogP contribution is 2.25. The molecule has 0 saturated heterocycles. The lowest BCUT2D eigenvalue weighted by atomic mass is 10.1. The molecule has 4 rings (SSSR count). The van der Waals surface area contributed by atoms with Crippen LogP contribution < -0.4 is 10.5 Å². The van der Waals surface area contributed by atoms with Gasteiger partial charge in [0.15, 0.2) is 0 Å². The molecule has 1 heterocycles. The summed E-state index contributed by atoms with van der Waals surface area (Å²) in [5.74, 6) is 0.296. The number of hydrogen-bond acceptors (Lipinski definition) is 3. The molecule has 0 aliphatic carbocycles. The molecule has 0 saturated carbocycles. The van der Waals surface area contributed by atoms with Crippen molar-refractivity contribution in [2.75, 3.05) is 7.11 Å². The van der Waals surface area contributed by atoms with Crippen LogP contribution in [0.1, 0.15) is 38.9 Å². The standard InChI is InChI=1S/C17H14ClNO2.C9H10ClNO/c1-11-9-13-10-15(21-2)7-8-16(13)19(11)17(20)12-3-5-14(18)6-4-12;1-2-6-5-7(9(11)12)3-4-8(6)10/h3-10H,1-2H3;3-5H,2H2,1H3,(H2,11,12). The van der Waals surface area contributed by atoms with Crippen LogP contribution in [-0.4, -0.2) is 23.5 Å². The number of methoxy groups -OCH3 is 1. The summed E-state index contributed by atoms with van der Waals surface area (Å²) in [5, 5.41) is 2.28. The van der Waals surface area contributed by atoms with Crippen molar-refractivity contribution in [1.29, 1.82) is 0 Å². The van der Waals surface area contributed by atoms with Gasteiger partial charge in [0.2, 0.25) is 5.91 Å². The van der Waals surface area contributed by atoms with Crippen molar-refractivity contribution in [3.63, 3.8) is 0 Å². The Balaban J connectivity index is 0.000000218. The third-order valence-corrected chi connectivity index (χ3v) is 5.82. The third-order valence-electron chi connectivity index (χ3n) is 5.20. The highest BCUT2D eigenvalue weighted by Gasteiger charge is 2.15. The SMILES string of the molecule is CCc1cc(C(N)=O)ccc1Cl.COc1ccc2c(c1)cc(C)n2C(=O)c1ccc(Cl)cc1. The Kier molecular flexibility index (Phi) is 7.79. The second kappa shape index (κ2) is 10.6. The van der Waals surface area contributed by atoms with Gasteiger partial charge in [-0.25, -0.2) is 0 Å². The van der Waals surface area contributed by atoms with Crippen LogP contribution >= 0.6 is 23.2 Å². The summed E-state index contributed by atoms with van der Waals surface area (Å²) in [4.78, 5) is 23.5. The first-order chi connectivity index (χ1) is 15.7. The summed E-state index contributed by atoms with van der Waals surface area (Å²) in [6.45, 7) is 3.90. The van der Waals surface area contributed by atoms with Crippen molar-refractivity contribution in [3.8, 4) is 5.75 Å². The molecule has 1 amide bonds. The number of halogens is 2. The average molecular weight is 483 g/mol. The Bertz CT molecular complexity index is 1310. The number of benzene rings is 3. The highest BCUT2D eigenvalue weighted by atomic mass is 35.5. The number of carbonyl (C=O) groups excluding carboxylic acids is 2. The van der Waals surface area contributed by atoms with Crippen molar-refractivity contribution >= 4 is 45.9 Å². The van der Waals surface area contributed by atoms with E-state index < -0.39 is 5.91 Å². The van der Waals surface area contributed by atoms with Crippen LogP contribution in [0.3, 0.4) is 0 Å². The van der Waals surface area contributed by atoms with Crippen LogP contribution in [0.2, 0.25) is 10.0 Å². The second-order valence-corrected chi connectivity index (χ2v) is 8.23. The number of hydrogen-bond donors (Lipinski definition) is 1. The predicted octanol–water partition coefficient (Wildman–Crippen LogP) is 6.30. The lowest BCUT2D eigenvalue weighted by Crippen LogP contribution is -2.13. The maximum atomic E-state index is 12.7. The van der Waals surface area contributed by atoms with Crippen LogP contribution in [0.5, 0.6) is 5.75 Å². The predicted molar refractivity (Wildman–Crippen MR) is 134 cm³/mol. The van der Waals surface area contributed by atoms with E-state index in [4.69, 9.17) is 33.7 Å². The maximum absolute atomic E-state index is 12.7. The number of aryl methyl sites for hydroxylation is 2. The summed E-state index contributed by atoms with van der Waals surface area (Å²) in [7, 11) is 1.63. The molecule has 7 heteroatoms. The fourth-order valence-electron chi connectivity index (χ4n) is 3.45. The first kappa shape index (κ1) is 24.4. The zero-order valence-corrected chi connectivity index (χ0v) is 20.1. The van der Waals surface area contributed by atoms with Gasteiger partial charge in [0.25, 0.3) is 5.91 Å². The van der Waals surface area contributed by atoms with Gasteiger partial charge in [-0.05, 0) is 85.6 Å². The molecule has 5 nitrogen and oxygen atoms in total. The number of ether oxygens (including phenoxy) is 1. The fourth-order valence-corrected chi connectivity index (χ4v) is 3.83. The lowest BCUT2D eigenvalue weighted by molar-refractivity contribution is 0.0961. The third kappa shape index (κ3) is 5.56. The quantitative estimate of drug-likeness (QED) is 0.370. The molecule has 33 heavy (non-hydrogen) atoms. The van der Waals surface area contributed by atoms with Crippen molar-refractivity contribution in [2.24, 2.45) is 5.73 Å². The van der Waals surface area contributed by atoms with Crippen molar-refractivity contribution in [1.82, 2.24) is 4.57 Å². The van der Waals surface area contributed by atoms with Crippen molar-refractivity contribution in [3.05, 3.63) is 99.2 Å². The molecular formula is C26H24Cl2N2O3. The zero-order chi connectivity index (χ0) is 24.1. The van der Waals surface area contributed by atoms with Gasteiger partial charge < -0.3 is 10.5 Å². The minimum atomic E-state index is -0.415.